The highest BCUT2D eigenvalue weighted by Gasteiger charge is 2.28. The quantitative estimate of drug-likeness (QED) is 0.762. The Hall–Kier alpha value is -2.81. The lowest BCUT2D eigenvalue weighted by Gasteiger charge is -2.11. The molecule has 0 saturated carbocycles. The highest BCUT2D eigenvalue weighted by Crippen LogP contribution is 2.16. The van der Waals surface area contributed by atoms with Gasteiger partial charge in [-0.25, -0.2) is 18.4 Å². The first-order valence-corrected chi connectivity index (χ1v) is 9.87. The van der Waals surface area contributed by atoms with E-state index in [0.717, 1.165) is 0 Å². The van der Waals surface area contributed by atoms with Crippen LogP contribution in [0.2, 0.25) is 0 Å². The fourth-order valence-corrected chi connectivity index (χ4v) is 4.33. The number of nitrogens with one attached hydrogen (secondary N) is 2. The number of carbonyl (C=O) groups is 2. The van der Waals surface area contributed by atoms with Crippen molar-refractivity contribution >= 4 is 33.2 Å². The number of ketones is 1. The van der Waals surface area contributed by atoms with Gasteiger partial charge >= 0.3 is 0 Å². The van der Waals surface area contributed by atoms with Crippen LogP contribution in [0.25, 0.3) is 0 Å². The van der Waals surface area contributed by atoms with Gasteiger partial charge in [-0.05, 0) is 31.5 Å². The molecule has 1 atom stereocenters. The van der Waals surface area contributed by atoms with Crippen molar-refractivity contribution in [3.05, 3.63) is 47.8 Å². The number of hydrogen-bond donors (Lipinski definition) is 2. The van der Waals surface area contributed by atoms with E-state index in [4.69, 9.17) is 0 Å². The summed E-state index contributed by atoms with van der Waals surface area (Å²) in [5, 5.41) is 5.64. The van der Waals surface area contributed by atoms with Gasteiger partial charge in [0, 0.05) is 23.5 Å². The number of carbonyl (C=O) groups excluding carboxylic acids is 2. The molecule has 0 bridgehead atoms. The van der Waals surface area contributed by atoms with Crippen LogP contribution in [0.1, 0.15) is 34.2 Å². The predicted octanol–water partition coefficient (Wildman–Crippen LogP) is 1.53. The van der Waals surface area contributed by atoms with Crippen molar-refractivity contribution in [3.63, 3.8) is 0 Å². The van der Waals surface area contributed by atoms with Gasteiger partial charge in [0.05, 0.1) is 11.5 Å². The van der Waals surface area contributed by atoms with Crippen LogP contribution in [0.5, 0.6) is 0 Å². The van der Waals surface area contributed by atoms with E-state index in [0.29, 0.717) is 17.7 Å². The van der Waals surface area contributed by atoms with Gasteiger partial charge < -0.3 is 10.6 Å². The first-order valence-electron chi connectivity index (χ1n) is 8.05. The van der Waals surface area contributed by atoms with Gasteiger partial charge in [0.2, 0.25) is 5.95 Å². The SMILES string of the molecule is CC(=O)c1cccc(NC(=O)c2ccnc(NC3CCS(=O)(=O)C3)n2)c1. The van der Waals surface area contributed by atoms with E-state index < -0.39 is 15.7 Å². The van der Waals surface area contributed by atoms with Gasteiger partial charge in [-0.2, -0.15) is 0 Å². The summed E-state index contributed by atoms with van der Waals surface area (Å²) in [6.07, 6.45) is 1.92. The molecule has 0 spiro atoms. The third kappa shape index (κ3) is 4.42. The van der Waals surface area contributed by atoms with Crippen molar-refractivity contribution in [2.75, 3.05) is 22.1 Å². The Labute approximate surface area is 151 Å². The van der Waals surface area contributed by atoms with Crippen LogP contribution in [-0.2, 0) is 9.84 Å². The van der Waals surface area contributed by atoms with Gasteiger partial charge in [-0.1, -0.05) is 12.1 Å². The Balaban J connectivity index is 1.70. The number of amides is 1. The van der Waals surface area contributed by atoms with Crippen LogP contribution in [0.4, 0.5) is 11.6 Å². The average Bonchev–Trinajstić information content (AvgIpc) is 2.94. The monoisotopic (exact) mass is 374 g/mol. The molecule has 0 aliphatic carbocycles. The van der Waals surface area contributed by atoms with Crippen molar-refractivity contribution in [2.45, 2.75) is 19.4 Å². The first-order chi connectivity index (χ1) is 12.3. The molecule has 2 heterocycles. The van der Waals surface area contributed by atoms with E-state index in [9.17, 15) is 18.0 Å². The smallest absolute Gasteiger partial charge is 0.274 e. The molecule has 2 N–H and O–H groups in total. The first kappa shape index (κ1) is 18.0. The van der Waals surface area contributed by atoms with Gasteiger partial charge in [0.25, 0.3) is 5.91 Å². The number of benzene rings is 1. The lowest BCUT2D eigenvalue weighted by Crippen LogP contribution is -2.23. The van der Waals surface area contributed by atoms with E-state index in [1.165, 1.54) is 19.2 Å². The number of hydrogen-bond acceptors (Lipinski definition) is 7. The van der Waals surface area contributed by atoms with Crippen LogP contribution < -0.4 is 10.6 Å². The maximum Gasteiger partial charge on any atom is 0.274 e. The van der Waals surface area contributed by atoms with Crippen LogP contribution in [0.3, 0.4) is 0 Å². The Kier molecular flexibility index (Phi) is 4.99. The zero-order valence-electron chi connectivity index (χ0n) is 14.1. The van der Waals surface area contributed by atoms with E-state index >= 15 is 0 Å². The molecular formula is C17H18N4O4S. The van der Waals surface area contributed by atoms with E-state index in [1.807, 2.05) is 0 Å². The van der Waals surface area contributed by atoms with Crippen molar-refractivity contribution < 1.29 is 18.0 Å². The molecule has 1 aromatic carbocycles. The van der Waals surface area contributed by atoms with Crippen LogP contribution in [-0.4, -0.2) is 47.6 Å². The normalized spacial score (nSPS) is 18.3. The summed E-state index contributed by atoms with van der Waals surface area (Å²) in [5.74, 6) is -0.171. The molecule has 1 fully saturated rings. The third-order valence-electron chi connectivity index (χ3n) is 3.98. The zero-order valence-corrected chi connectivity index (χ0v) is 14.9. The molecule has 1 saturated heterocycles. The summed E-state index contributed by atoms with van der Waals surface area (Å²) >= 11 is 0. The van der Waals surface area contributed by atoms with Crippen molar-refractivity contribution in [1.82, 2.24) is 9.97 Å². The molecule has 26 heavy (non-hydrogen) atoms. The molecule has 1 unspecified atom stereocenters. The third-order valence-corrected chi connectivity index (χ3v) is 5.75. The molecule has 1 aliphatic rings. The molecule has 9 heteroatoms. The molecule has 3 rings (SSSR count). The molecule has 1 aromatic heterocycles. The minimum atomic E-state index is -3.02. The molecule has 1 aliphatic heterocycles. The molecule has 8 nitrogen and oxygen atoms in total. The fraction of sp³-hybridized carbons (Fsp3) is 0.294. The van der Waals surface area contributed by atoms with Gasteiger partial charge in [-0.15, -0.1) is 0 Å². The van der Waals surface area contributed by atoms with Gasteiger partial charge in [0.1, 0.15) is 5.69 Å². The molecule has 136 valence electrons. The topological polar surface area (TPSA) is 118 Å². The number of rotatable bonds is 5. The number of anilines is 2. The summed E-state index contributed by atoms with van der Waals surface area (Å²) < 4.78 is 23.0. The summed E-state index contributed by atoms with van der Waals surface area (Å²) in [5.41, 5.74) is 1.12. The Morgan fingerprint density at radius 2 is 2.04 bits per heavy atom. The molecule has 1 amide bonds. The lowest BCUT2D eigenvalue weighted by molar-refractivity contribution is 0.100. The lowest BCUT2D eigenvalue weighted by atomic mass is 10.1. The second kappa shape index (κ2) is 7.20. The largest absolute Gasteiger partial charge is 0.350 e. The zero-order chi connectivity index (χ0) is 18.7. The minimum Gasteiger partial charge on any atom is -0.350 e. The average molecular weight is 374 g/mol. The van der Waals surface area contributed by atoms with E-state index in [2.05, 4.69) is 20.6 Å². The summed E-state index contributed by atoms with van der Waals surface area (Å²) in [6.45, 7) is 1.45. The van der Waals surface area contributed by atoms with Crippen LogP contribution in [0.15, 0.2) is 36.5 Å². The van der Waals surface area contributed by atoms with Crippen molar-refractivity contribution in [3.8, 4) is 0 Å². The standard InChI is InChI=1S/C17H18N4O4S/c1-11(22)12-3-2-4-13(9-12)19-16(23)15-5-7-18-17(21-15)20-14-6-8-26(24,25)10-14/h2-5,7,9,14H,6,8,10H2,1H3,(H,19,23)(H,18,20,21). The summed E-state index contributed by atoms with van der Waals surface area (Å²) in [4.78, 5) is 32.0. The van der Waals surface area contributed by atoms with Crippen LogP contribution in [0, 0.1) is 0 Å². The van der Waals surface area contributed by atoms with Crippen molar-refractivity contribution in [1.29, 1.82) is 0 Å². The van der Waals surface area contributed by atoms with Crippen LogP contribution >= 0.6 is 0 Å². The Bertz CT molecular complexity index is 959. The molecule has 2 aromatic rings. The fourth-order valence-electron chi connectivity index (χ4n) is 2.66. The predicted molar refractivity (Wildman–Crippen MR) is 97.1 cm³/mol. The van der Waals surface area contributed by atoms with E-state index in [1.54, 1.807) is 24.3 Å². The number of aromatic nitrogens is 2. The maximum atomic E-state index is 12.4. The van der Waals surface area contributed by atoms with Crippen molar-refractivity contribution in [2.24, 2.45) is 0 Å². The minimum absolute atomic E-state index is 0.0324. The Morgan fingerprint density at radius 3 is 2.73 bits per heavy atom. The number of nitrogens with zero attached hydrogens (tertiary/aromatic N) is 2. The second-order valence-corrected chi connectivity index (χ2v) is 8.33. The molecule has 0 radical (unpaired) electrons. The number of sulfone groups is 1. The summed E-state index contributed by atoms with van der Waals surface area (Å²) in [6, 6.07) is 7.81. The Morgan fingerprint density at radius 1 is 1.23 bits per heavy atom. The van der Waals surface area contributed by atoms with Gasteiger partial charge in [-0.3, -0.25) is 9.59 Å². The van der Waals surface area contributed by atoms with Gasteiger partial charge in [0.15, 0.2) is 15.6 Å². The number of Topliss-reactive ketones (excluding diaryl/α,β-unsaturated/α-hetero) is 1. The molecular weight excluding hydrogens is 356 g/mol. The maximum absolute atomic E-state index is 12.4. The highest BCUT2D eigenvalue weighted by atomic mass is 32.2. The second-order valence-electron chi connectivity index (χ2n) is 6.10. The summed E-state index contributed by atoms with van der Waals surface area (Å²) in [7, 11) is -3.02. The highest BCUT2D eigenvalue weighted by molar-refractivity contribution is 7.91. The van der Waals surface area contributed by atoms with E-state index in [-0.39, 0.29) is 35.0 Å².